The van der Waals surface area contributed by atoms with E-state index < -0.39 is 0 Å². The summed E-state index contributed by atoms with van der Waals surface area (Å²) in [6.07, 6.45) is 3.95. The molecule has 4 heteroatoms. The van der Waals surface area contributed by atoms with Crippen LogP contribution in [0.1, 0.15) is 51.3 Å². The molecule has 1 saturated heterocycles. The topological polar surface area (TPSA) is 33.1 Å². The van der Waals surface area contributed by atoms with Crippen LogP contribution >= 0.6 is 0 Å². The number of aromatic nitrogens is 2. The molecule has 1 aromatic rings. The van der Waals surface area contributed by atoms with E-state index in [-0.39, 0.29) is 0 Å². The molecule has 0 aliphatic carbocycles. The van der Waals surface area contributed by atoms with Crippen LogP contribution in [0.15, 0.2) is 0 Å². The van der Waals surface area contributed by atoms with Gasteiger partial charge >= 0.3 is 0 Å². The first-order valence-corrected chi connectivity index (χ1v) is 8.47. The number of hydrogen-bond acceptors (Lipinski definition) is 3. The van der Waals surface area contributed by atoms with E-state index in [0.29, 0.717) is 5.92 Å². The number of anilines is 1. The molecule has 21 heavy (non-hydrogen) atoms. The Balaban J connectivity index is 2.13. The first kappa shape index (κ1) is 16.3. The zero-order valence-electron chi connectivity index (χ0n) is 14.4. The van der Waals surface area contributed by atoms with Gasteiger partial charge in [-0.15, -0.1) is 0 Å². The van der Waals surface area contributed by atoms with E-state index in [9.17, 15) is 0 Å². The highest BCUT2D eigenvalue weighted by Gasteiger charge is 2.21. The Bertz CT molecular complexity index is 450. The largest absolute Gasteiger partial charge is 0.357 e. The van der Waals surface area contributed by atoms with Crippen LogP contribution in [0, 0.1) is 18.8 Å². The maximum absolute atomic E-state index is 4.67. The second-order valence-electron chi connectivity index (χ2n) is 7.06. The highest BCUT2D eigenvalue weighted by atomic mass is 15.4. The lowest BCUT2D eigenvalue weighted by Crippen LogP contribution is -2.28. The van der Waals surface area contributed by atoms with Gasteiger partial charge in [-0.05, 0) is 44.6 Å². The van der Waals surface area contributed by atoms with Crippen molar-refractivity contribution in [2.45, 2.75) is 53.5 Å². The Morgan fingerprint density at radius 2 is 2.05 bits per heavy atom. The van der Waals surface area contributed by atoms with Crippen molar-refractivity contribution in [3.63, 3.8) is 0 Å². The number of rotatable bonds is 5. The van der Waals surface area contributed by atoms with Crippen molar-refractivity contribution in [2.24, 2.45) is 18.9 Å². The number of nitrogens with one attached hydrogen (secondary N) is 1. The molecule has 1 aliphatic rings. The summed E-state index contributed by atoms with van der Waals surface area (Å²) in [5, 5.41) is 8.25. The summed E-state index contributed by atoms with van der Waals surface area (Å²) in [5.74, 6) is 2.87. The summed E-state index contributed by atoms with van der Waals surface area (Å²) >= 11 is 0. The summed E-state index contributed by atoms with van der Waals surface area (Å²) < 4.78 is 2.08. The summed E-state index contributed by atoms with van der Waals surface area (Å²) in [7, 11) is 2.09. The summed E-state index contributed by atoms with van der Waals surface area (Å²) in [5.41, 5.74) is 2.55. The van der Waals surface area contributed by atoms with Crippen LogP contribution in [0.3, 0.4) is 0 Å². The Labute approximate surface area is 129 Å². The molecule has 2 heterocycles. The minimum atomic E-state index is 0.685. The average Bonchev–Trinajstić information content (AvgIpc) is 2.58. The van der Waals surface area contributed by atoms with E-state index in [1.165, 1.54) is 42.9 Å². The van der Waals surface area contributed by atoms with Gasteiger partial charge in [0, 0.05) is 32.2 Å². The Kier molecular flexibility index (Phi) is 5.68. The Morgan fingerprint density at radius 1 is 1.29 bits per heavy atom. The van der Waals surface area contributed by atoms with Crippen LogP contribution in [0.25, 0.3) is 0 Å². The third kappa shape index (κ3) is 4.22. The van der Waals surface area contributed by atoms with Crippen molar-refractivity contribution >= 4 is 5.82 Å². The van der Waals surface area contributed by atoms with E-state index in [1.54, 1.807) is 0 Å². The van der Waals surface area contributed by atoms with Crippen molar-refractivity contribution in [3.8, 4) is 0 Å². The van der Waals surface area contributed by atoms with E-state index in [2.05, 4.69) is 54.7 Å². The molecule has 0 saturated carbocycles. The fourth-order valence-corrected chi connectivity index (χ4v) is 3.25. The van der Waals surface area contributed by atoms with Crippen molar-refractivity contribution in [2.75, 3.05) is 24.5 Å². The van der Waals surface area contributed by atoms with Gasteiger partial charge in [0.2, 0.25) is 0 Å². The molecule has 1 fully saturated rings. The molecule has 1 unspecified atom stereocenters. The molecular weight excluding hydrogens is 260 g/mol. The van der Waals surface area contributed by atoms with Crippen LogP contribution < -0.4 is 10.2 Å². The maximum Gasteiger partial charge on any atom is 0.131 e. The van der Waals surface area contributed by atoms with Crippen LogP contribution in [-0.2, 0) is 13.6 Å². The smallest absolute Gasteiger partial charge is 0.131 e. The predicted molar refractivity (Wildman–Crippen MR) is 89.7 cm³/mol. The molecule has 120 valence electrons. The normalized spacial score (nSPS) is 20.1. The van der Waals surface area contributed by atoms with Crippen LogP contribution in [-0.4, -0.2) is 29.4 Å². The molecular formula is C17H32N4. The lowest BCUT2D eigenvalue weighted by molar-refractivity contribution is 0.520. The second kappa shape index (κ2) is 7.30. The average molecular weight is 292 g/mol. The minimum Gasteiger partial charge on any atom is -0.357 e. The van der Waals surface area contributed by atoms with Crippen molar-refractivity contribution in [3.05, 3.63) is 11.3 Å². The fraction of sp³-hybridized carbons (Fsp3) is 0.824. The molecule has 1 N–H and O–H groups in total. The van der Waals surface area contributed by atoms with E-state index in [4.69, 9.17) is 0 Å². The predicted octanol–water partition coefficient (Wildman–Crippen LogP) is 3.10. The van der Waals surface area contributed by atoms with Gasteiger partial charge in [0.1, 0.15) is 5.82 Å². The third-order valence-corrected chi connectivity index (χ3v) is 4.48. The van der Waals surface area contributed by atoms with Gasteiger partial charge in [0.25, 0.3) is 0 Å². The van der Waals surface area contributed by atoms with Gasteiger partial charge in [-0.1, -0.05) is 20.8 Å². The highest BCUT2D eigenvalue weighted by molar-refractivity contribution is 5.50. The first-order chi connectivity index (χ1) is 9.99. The first-order valence-electron chi connectivity index (χ1n) is 8.47. The van der Waals surface area contributed by atoms with Crippen molar-refractivity contribution < 1.29 is 0 Å². The Morgan fingerprint density at radius 3 is 2.76 bits per heavy atom. The molecule has 2 rings (SSSR count). The standard InChI is InChI=1S/C17H32N4/c1-13(2)11-18-12-16-15(4)19-20(5)17(16)21-9-6-7-14(3)8-10-21/h13-14,18H,6-12H2,1-5H3. The Hall–Kier alpha value is -1.03. The fourth-order valence-electron chi connectivity index (χ4n) is 3.25. The second-order valence-corrected chi connectivity index (χ2v) is 7.06. The van der Waals surface area contributed by atoms with Gasteiger partial charge in [-0.25, -0.2) is 0 Å². The molecule has 0 bridgehead atoms. The van der Waals surface area contributed by atoms with Gasteiger partial charge in [-0.2, -0.15) is 5.10 Å². The quantitative estimate of drug-likeness (QED) is 0.905. The summed E-state index contributed by atoms with van der Waals surface area (Å²) in [6, 6.07) is 0. The number of hydrogen-bond donors (Lipinski definition) is 1. The lowest BCUT2D eigenvalue weighted by Gasteiger charge is -2.24. The summed E-state index contributed by atoms with van der Waals surface area (Å²) in [4.78, 5) is 2.55. The number of nitrogens with zero attached hydrogens (tertiary/aromatic N) is 3. The van der Waals surface area contributed by atoms with Crippen molar-refractivity contribution in [1.82, 2.24) is 15.1 Å². The maximum atomic E-state index is 4.67. The zero-order valence-corrected chi connectivity index (χ0v) is 14.4. The minimum absolute atomic E-state index is 0.685. The summed E-state index contributed by atoms with van der Waals surface area (Å²) in [6.45, 7) is 13.3. The monoisotopic (exact) mass is 292 g/mol. The molecule has 1 aromatic heterocycles. The van der Waals surface area contributed by atoms with E-state index in [0.717, 1.165) is 25.6 Å². The zero-order chi connectivity index (χ0) is 15.4. The van der Waals surface area contributed by atoms with Crippen LogP contribution in [0.2, 0.25) is 0 Å². The van der Waals surface area contributed by atoms with Gasteiger partial charge in [0.15, 0.2) is 0 Å². The van der Waals surface area contributed by atoms with E-state index in [1.807, 2.05) is 0 Å². The van der Waals surface area contributed by atoms with Crippen LogP contribution in [0.5, 0.6) is 0 Å². The van der Waals surface area contributed by atoms with Gasteiger partial charge < -0.3 is 10.2 Å². The molecule has 4 nitrogen and oxygen atoms in total. The lowest BCUT2D eigenvalue weighted by atomic mass is 10.0. The van der Waals surface area contributed by atoms with Crippen molar-refractivity contribution in [1.29, 1.82) is 0 Å². The molecule has 0 spiro atoms. The molecule has 0 amide bonds. The van der Waals surface area contributed by atoms with Gasteiger partial charge in [-0.3, -0.25) is 4.68 Å². The molecule has 0 aromatic carbocycles. The van der Waals surface area contributed by atoms with Crippen LogP contribution in [0.4, 0.5) is 5.82 Å². The third-order valence-electron chi connectivity index (χ3n) is 4.48. The van der Waals surface area contributed by atoms with E-state index >= 15 is 0 Å². The molecule has 0 radical (unpaired) electrons. The number of aryl methyl sites for hydroxylation is 2. The van der Waals surface area contributed by atoms with Gasteiger partial charge in [0.05, 0.1) is 5.69 Å². The SMILES string of the molecule is Cc1nn(C)c(N2CCCC(C)CC2)c1CNCC(C)C. The molecule has 1 aliphatic heterocycles. The molecule has 1 atom stereocenters. The highest BCUT2D eigenvalue weighted by Crippen LogP contribution is 2.27.